The highest BCUT2D eigenvalue weighted by molar-refractivity contribution is 5.50. The Hall–Kier alpha value is -2.03. The Balaban J connectivity index is 1.99. The maximum Gasteiger partial charge on any atom is 0.253 e. The summed E-state index contributed by atoms with van der Waals surface area (Å²) in [7, 11) is 0. The van der Waals surface area contributed by atoms with Gasteiger partial charge in [0.25, 0.3) is 5.56 Å². The molecule has 18 heavy (non-hydrogen) atoms. The van der Waals surface area contributed by atoms with Gasteiger partial charge in [0, 0.05) is 30.5 Å². The molecule has 0 aliphatic rings. The highest BCUT2D eigenvalue weighted by atomic mass is 16.1. The summed E-state index contributed by atoms with van der Waals surface area (Å²) in [4.78, 5) is 11.8. The first-order chi connectivity index (χ1) is 8.68. The summed E-state index contributed by atoms with van der Waals surface area (Å²) < 4.78 is 1.74. The minimum atomic E-state index is 0.0871. The third-order valence-electron chi connectivity index (χ3n) is 3.02. The molecule has 0 saturated heterocycles. The van der Waals surface area contributed by atoms with E-state index in [1.54, 1.807) is 4.57 Å². The van der Waals surface area contributed by atoms with Gasteiger partial charge in [-0.2, -0.15) is 0 Å². The molecule has 1 aromatic carbocycles. The normalized spacial score (nSPS) is 10.3. The topological polar surface area (TPSA) is 34.0 Å². The second-order valence-corrected chi connectivity index (χ2v) is 4.43. The summed E-state index contributed by atoms with van der Waals surface area (Å²) in [6, 6.07) is 11.9. The maximum absolute atomic E-state index is 11.8. The number of nitrogens with one attached hydrogen (secondary N) is 1. The molecule has 0 aliphatic carbocycles. The summed E-state index contributed by atoms with van der Waals surface area (Å²) in [6.45, 7) is 5.33. The van der Waals surface area contributed by atoms with Crippen LogP contribution in [0.15, 0.2) is 47.4 Å². The van der Waals surface area contributed by atoms with Crippen molar-refractivity contribution in [2.75, 3.05) is 11.9 Å². The molecule has 0 bridgehead atoms. The van der Waals surface area contributed by atoms with Gasteiger partial charge in [-0.3, -0.25) is 4.79 Å². The van der Waals surface area contributed by atoms with Gasteiger partial charge < -0.3 is 9.88 Å². The van der Waals surface area contributed by atoms with Crippen LogP contribution in [0.5, 0.6) is 0 Å². The second kappa shape index (κ2) is 5.54. The van der Waals surface area contributed by atoms with Crippen molar-refractivity contribution in [2.45, 2.75) is 20.4 Å². The van der Waals surface area contributed by atoms with Crippen molar-refractivity contribution in [1.29, 1.82) is 0 Å². The zero-order chi connectivity index (χ0) is 13.0. The highest BCUT2D eigenvalue weighted by Gasteiger charge is 1.99. The monoisotopic (exact) mass is 242 g/mol. The fraction of sp³-hybridized carbons (Fsp3) is 0.267. The minimum absolute atomic E-state index is 0.0871. The third kappa shape index (κ3) is 2.80. The van der Waals surface area contributed by atoms with E-state index < -0.39 is 0 Å². The van der Waals surface area contributed by atoms with Gasteiger partial charge in [-0.1, -0.05) is 24.3 Å². The fourth-order valence-corrected chi connectivity index (χ4v) is 1.92. The zero-order valence-electron chi connectivity index (χ0n) is 10.8. The van der Waals surface area contributed by atoms with Crippen LogP contribution in [-0.2, 0) is 6.54 Å². The molecule has 0 aliphatic heterocycles. The Morgan fingerprint density at radius 3 is 2.56 bits per heavy atom. The van der Waals surface area contributed by atoms with Crippen molar-refractivity contribution < 1.29 is 0 Å². The molecule has 0 spiro atoms. The van der Waals surface area contributed by atoms with Gasteiger partial charge in [-0.15, -0.1) is 0 Å². The van der Waals surface area contributed by atoms with Crippen LogP contribution < -0.4 is 10.9 Å². The van der Waals surface area contributed by atoms with E-state index in [-0.39, 0.29) is 5.56 Å². The number of benzene rings is 1. The molecule has 3 heteroatoms. The predicted octanol–water partition coefficient (Wildman–Crippen LogP) is 2.58. The van der Waals surface area contributed by atoms with Gasteiger partial charge in [-0.25, -0.2) is 0 Å². The Morgan fingerprint density at radius 1 is 1.06 bits per heavy atom. The first-order valence-electron chi connectivity index (χ1n) is 6.14. The first-order valence-corrected chi connectivity index (χ1v) is 6.14. The summed E-state index contributed by atoms with van der Waals surface area (Å²) >= 11 is 0. The minimum Gasteiger partial charge on any atom is -0.383 e. The smallest absolute Gasteiger partial charge is 0.253 e. The quantitative estimate of drug-likeness (QED) is 0.894. The summed E-state index contributed by atoms with van der Waals surface area (Å²) in [5.41, 5.74) is 3.21. The van der Waals surface area contributed by atoms with Crippen molar-refractivity contribution >= 4 is 5.69 Å². The van der Waals surface area contributed by atoms with E-state index in [1.165, 1.54) is 5.56 Å². The van der Waals surface area contributed by atoms with Gasteiger partial charge >= 0.3 is 0 Å². The van der Waals surface area contributed by atoms with Crippen LogP contribution in [0, 0.1) is 13.8 Å². The lowest BCUT2D eigenvalue weighted by atomic mass is 10.2. The molecular formula is C15H18N2O. The molecule has 1 aromatic heterocycles. The average molecular weight is 242 g/mol. The summed E-state index contributed by atoms with van der Waals surface area (Å²) in [5, 5.41) is 3.35. The molecule has 2 rings (SSSR count). The highest BCUT2D eigenvalue weighted by Crippen LogP contribution is 2.12. The summed E-state index contributed by atoms with van der Waals surface area (Å²) in [6.07, 6.45) is 1.83. The molecule has 0 atom stereocenters. The third-order valence-corrected chi connectivity index (χ3v) is 3.02. The molecule has 0 amide bonds. The molecule has 0 saturated carbocycles. The van der Waals surface area contributed by atoms with Gasteiger partial charge in [0.05, 0.1) is 0 Å². The largest absolute Gasteiger partial charge is 0.383 e. The number of aryl methyl sites for hydroxylation is 2. The van der Waals surface area contributed by atoms with E-state index >= 15 is 0 Å². The Kier molecular flexibility index (Phi) is 3.82. The number of nitrogens with zero attached hydrogens (tertiary/aromatic N) is 1. The van der Waals surface area contributed by atoms with E-state index in [4.69, 9.17) is 0 Å². The number of rotatable bonds is 4. The van der Waals surface area contributed by atoms with Crippen LogP contribution in [-0.4, -0.2) is 11.1 Å². The van der Waals surface area contributed by atoms with Crippen LogP contribution in [0.25, 0.3) is 0 Å². The number of hydrogen-bond acceptors (Lipinski definition) is 2. The van der Waals surface area contributed by atoms with E-state index in [0.29, 0.717) is 6.54 Å². The Bertz CT molecular complexity index is 587. The number of pyridine rings is 1. The van der Waals surface area contributed by atoms with E-state index in [0.717, 1.165) is 17.8 Å². The molecule has 1 N–H and O–H groups in total. The SMILES string of the molecule is Cc1ccccc1NCCn1cccc(C)c1=O. The van der Waals surface area contributed by atoms with Crippen molar-refractivity contribution in [2.24, 2.45) is 0 Å². The van der Waals surface area contributed by atoms with Gasteiger partial charge in [-0.05, 0) is 31.5 Å². The molecule has 0 fully saturated rings. The van der Waals surface area contributed by atoms with Gasteiger partial charge in [0.15, 0.2) is 0 Å². The van der Waals surface area contributed by atoms with E-state index in [1.807, 2.05) is 43.5 Å². The molecule has 3 nitrogen and oxygen atoms in total. The summed E-state index contributed by atoms with van der Waals surface area (Å²) in [5.74, 6) is 0. The van der Waals surface area contributed by atoms with Crippen LogP contribution >= 0.6 is 0 Å². The van der Waals surface area contributed by atoms with Gasteiger partial charge in [0.1, 0.15) is 0 Å². The molecule has 0 radical (unpaired) electrons. The van der Waals surface area contributed by atoms with Crippen molar-refractivity contribution in [3.63, 3.8) is 0 Å². The zero-order valence-corrected chi connectivity index (χ0v) is 10.8. The van der Waals surface area contributed by atoms with E-state index in [9.17, 15) is 4.79 Å². The number of hydrogen-bond donors (Lipinski definition) is 1. The Labute approximate surface area is 107 Å². The van der Waals surface area contributed by atoms with E-state index in [2.05, 4.69) is 18.3 Å². The molecular weight excluding hydrogens is 224 g/mol. The van der Waals surface area contributed by atoms with Crippen molar-refractivity contribution in [3.05, 3.63) is 64.1 Å². The number of aromatic nitrogens is 1. The van der Waals surface area contributed by atoms with Crippen LogP contribution in [0.3, 0.4) is 0 Å². The molecule has 0 unspecified atom stereocenters. The van der Waals surface area contributed by atoms with Crippen molar-refractivity contribution in [1.82, 2.24) is 4.57 Å². The first kappa shape index (κ1) is 12.4. The van der Waals surface area contributed by atoms with Gasteiger partial charge in [0.2, 0.25) is 0 Å². The fourth-order valence-electron chi connectivity index (χ4n) is 1.92. The van der Waals surface area contributed by atoms with Crippen LogP contribution in [0.2, 0.25) is 0 Å². The number of para-hydroxylation sites is 1. The van der Waals surface area contributed by atoms with Crippen LogP contribution in [0.4, 0.5) is 5.69 Å². The second-order valence-electron chi connectivity index (χ2n) is 4.43. The molecule has 1 heterocycles. The molecule has 2 aromatic rings. The average Bonchev–Trinajstić information content (AvgIpc) is 2.37. The lowest BCUT2D eigenvalue weighted by Crippen LogP contribution is -2.24. The lowest BCUT2D eigenvalue weighted by Gasteiger charge is -2.10. The lowest BCUT2D eigenvalue weighted by molar-refractivity contribution is 0.692. The predicted molar refractivity (Wildman–Crippen MR) is 75.1 cm³/mol. The standard InChI is InChI=1S/C15H18N2O/c1-12-6-3-4-8-14(12)16-9-11-17-10-5-7-13(2)15(17)18/h3-8,10,16H,9,11H2,1-2H3. The molecule has 94 valence electrons. The van der Waals surface area contributed by atoms with Crippen LogP contribution in [0.1, 0.15) is 11.1 Å². The Morgan fingerprint density at radius 2 is 1.78 bits per heavy atom. The number of anilines is 1. The maximum atomic E-state index is 11.8. The van der Waals surface area contributed by atoms with Crippen molar-refractivity contribution in [3.8, 4) is 0 Å².